The van der Waals surface area contributed by atoms with Crippen molar-refractivity contribution in [1.29, 1.82) is 0 Å². The standard InChI is InChI=1S/C10H10N4O3S/c11-18(16,17)6-1-2-8-7(5-6)9-12-3-4-14(9)10(15)13-8/h1-2,5,12H,3-4H2,(H2,11,16,17). The van der Waals surface area contributed by atoms with Gasteiger partial charge in [-0.05, 0) is 18.2 Å². The van der Waals surface area contributed by atoms with Crippen LogP contribution >= 0.6 is 0 Å². The minimum absolute atomic E-state index is 0.00643. The number of hydrogen-bond acceptors (Lipinski definition) is 5. The molecule has 0 spiro atoms. The van der Waals surface area contributed by atoms with Crippen molar-refractivity contribution in [2.45, 2.75) is 11.4 Å². The lowest BCUT2D eigenvalue weighted by Crippen LogP contribution is -2.21. The van der Waals surface area contributed by atoms with Crippen LogP contribution in [-0.4, -0.2) is 24.5 Å². The zero-order valence-corrected chi connectivity index (χ0v) is 10.1. The van der Waals surface area contributed by atoms with E-state index in [2.05, 4.69) is 10.3 Å². The van der Waals surface area contributed by atoms with Crippen LogP contribution in [0.5, 0.6) is 0 Å². The van der Waals surface area contributed by atoms with Crippen molar-refractivity contribution in [2.75, 3.05) is 11.9 Å². The monoisotopic (exact) mass is 266 g/mol. The van der Waals surface area contributed by atoms with E-state index in [1.807, 2.05) is 0 Å². The highest BCUT2D eigenvalue weighted by molar-refractivity contribution is 7.89. The number of nitrogens with two attached hydrogens (primary N) is 1. The highest BCUT2D eigenvalue weighted by Crippen LogP contribution is 2.25. The summed E-state index contributed by atoms with van der Waals surface area (Å²) in [6, 6.07) is 4.26. The summed E-state index contributed by atoms with van der Waals surface area (Å²) in [6.07, 6.45) is 0. The van der Waals surface area contributed by atoms with E-state index in [4.69, 9.17) is 5.14 Å². The van der Waals surface area contributed by atoms with Gasteiger partial charge >= 0.3 is 5.69 Å². The second-order valence-electron chi connectivity index (χ2n) is 4.05. The van der Waals surface area contributed by atoms with Gasteiger partial charge in [-0.25, -0.2) is 18.4 Å². The number of sulfonamides is 1. The third-order valence-electron chi connectivity index (χ3n) is 2.90. The molecule has 18 heavy (non-hydrogen) atoms. The second-order valence-corrected chi connectivity index (χ2v) is 5.61. The Morgan fingerprint density at radius 3 is 2.89 bits per heavy atom. The molecule has 0 radical (unpaired) electrons. The van der Waals surface area contributed by atoms with E-state index in [0.717, 1.165) is 0 Å². The van der Waals surface area contributed by atoms with Crippen LogP contribution in [0.4, 0.5) is 5.82 Å². The topological polar surface area (TPSA) is 107 Å². The fraction of sp³-hybridized carbons (Fsp3) is 0.200. The molecule has 7 nitrogen and oxygen atoms in total. The summed E-state index contributed by atoms with van der Waals surface area (Å²) in [5.41, 5.74) is 0.110. The lowest BCUT2D eigenvalue weighted by molar-refractivity contribution is 0.598. The minimum Gasteiger partial charge on any atom is -0.369 e. The van der Waals surface area contributed by atoms with Gasteiger partial charge in [0.05, 0.1) is 10.4 Å². The smallest absolute Gasteiger partial charge is 0.349 e. The number of nitrogens with zero attached hydrogens (tertiary/aromatic N) is 2. The molecule has 0 saturated heterocycles. The molecular weight excluding hydrogens is 256 g/mol. The molecular formula is C10H10N4O3S. The predicted molar refractivity (Wildman–Crippen MR) is 65.9 cm³/mol. The van der Waals surface area contributed by atoms with Gasteiger partial charge in [0, 0.05) is 18.5 Å². The molecule has 1 aromatic carbocycles. The van der Waals surface area contributed by atoms with Gasteiger partial charge < -0.3 is 5.32 Å². The van der Waals surface area contributed by atoms with Gasteiger partial charge in [-0.1, -0.05) is 0 Å². The van der Waals surface area contributed by atoms with Crippen LogP contribution in [0.25, 0.3) is 10.9 Å². The van der Waals surface area contributed by atoms with E-state index >= 15 is 0 Å². The molecule has 0 atom stereocenters. The molecule has 0 amide bonds. The first-order valence-corrected chi connectivity index (χ1v) is 6.83. The Kier molecular flexibility index (Phi) is 2.19. The normalized spacial score (nSPS) is 14.5. The Balaban J connectivity index is 2.42. The Bertz CT molecular complexity index is 810. The number of primary sulfonamides is 1. The van der Waals surface area contributed by atoms with Crippen molar-refractivity contribution >= 4 is 26.7 Å². The lowest BCUT2D eigenvalue weighted by Gasteiger charge is -2.07. The number of nitrogens with one attached hydrogen (secondary N) is 1. The molecule has 8 heteroatoms. The van der Waals surface area contributed by atoms with Crippen molar-refractivity contribution in [3.63, 3.8) is 0 Å². The van der Waals surface area contributed by atoms with E-state index in [-0.39, 0.29) is 10.6 Å². The van der Waals surface area contributed by atoms with E-state index in [0.29, 0.717) is 29.8 Å². The molecule has 94 valence electrons. The van der Waals surface area contributed by atoms with E-state index in [9.17, 15) is 13.2 Å². The Morgan fingerprint density at radius 2 is 2.17 bits per heavy atom. The fourth-order valence-corrected chi connectivity index (χ4v) is 2.61. The van der Waals surface area contributed by atoms with Gasteiger partial charge in [-0.15, -0.1) is 0 Å². The molecule has 3 N–H and O–H groups in total. The summed E-state index contributed by atoms with van der Waals surface area (Å²) >= 11 is 0. The van der Waals surface area contributed by atoms with Gasteiger partial charge in [-0.3, -0.25) is 4.57 Å². The average molecular weight is 266 g/mol. The first kappa shape index (κ1) is 11.2. The number of benzene rings is 1. The third kappa shape index (κ3) is 1.57. The highest BCUT2D eigenvalue weighted by atomic mass is 32.2. The number of rotatable bonds is 1. The van der Waals surface area contributed by atoms with E-state index in [1.165, 1.54) is 22.8 Å². The molecule has 0 unspecified atom stereocenters. The van der Waals surface area contributed by atoms with Crippen molar-refractivity contribution in [3.05, 3.63) is 28.7 Å². The Labute approximate surface area is 102 Å². The first-order valence-electron chi connectivity index (χ1n) is 5.28. The number of hydrogen-bond donors (Lipinski definition) is 2. The largest absolute Gasteiger partial charge is 0.369 e. The summed E-state index contributed by atoms with van der Waals surface area (Å²) in [7, 11) is -3.76. The molecule has 0 aliphatic carbocycles. The minimum atomic E-state index is -3.76. The maximum atomic E-state index is 11.7. The molecule has 1 aliphatic rings. The number of anilines is 1. The summed E-state index contributed by atoms with van der Waals surface area (Å²) in [6.45, 7) is 1.15. The molecule has 0 fully saturated rings. The summed E-state index contributed by atoms with van der Waals surface area (Å²) in [5, 5.41) is 8.72. The lowest BCUT2D eigenvalue weighted by atomic mass is 10.2. The van der Waals surface area contributed by atoms with Crippen LogP contribution in [0.15, 0.2) is 27.9 Å². The zero-order valence-electron chi connectivity index (χ0n) is 9.25. The fourth-order valence-electron chi connectivity index (χ4n) is 2.07. The van der Waals surface area contributed by atoms with Crippen molar-refractivity contribution < 1.29 is 8.42 Å². The Hall–Kier alpha value is -1.93. The van der Waals surface area contributed by atoms with Crippen LogP contribution in [0.3, 0.4) is 0 Å². The molecule has 2 heterocycles. The number of aromatic nitrogens is 2. The van der Waals surface area contributed by atoms with Crippen LogP contribution in [0, 0.1) is 0 Å². The number of fused-ring (bicyclic) bond motifs is 3. The van der Waals surface area contributed by atoms with Crippen LogP contribution in [0.2, 0.25) is 0 Å². The quantitative estimate of drug-likeness (QED) is 0.721. The van der Waals surface area contributed by atoms with Gasteiger partial charge in [0.2, 0.25) is 10.0 Å². The Morgan fingerprint density at radius 1 is 1.39 bits per heavy atom. The maximum Gasteiger partial charge on any atom is 0.349 e. The van der Waals surface area contributed by atoms with E-state index in [1.54, 1.807) is 0 Å². The predicted octanol–water partition coefficient (Wildman–Crippen LogP) is -0.531. The van der Waals surface area contributed by atoms with Gasteiger partial charge in [-0.2, -0.15) is 4.98 Å². The molecule has 3 rings (SSSR count). The van der Waals surface area contributed by atoms with Gasteiger partial charge in [0.15, 0.2) is 0 Å². The highest BCUT2D eigenvalue weighted by Gasteiger charge is 2.18. The van der Waals surface area contributed by atoms with Crippen LogP contribution in [0.1, 0.15) is 0 Å². The van der Waals surface area contributed by atoms with Crippen LogP contribution in [-0.2, 0) is 16.6 Å². The van der Waals surface area contributed by atoms with Crippen molar-refractivity contribution in [3.8, 4) is 0 Å². The van der Waals surface area contributed by atoms with Gasteiger partial charge in [0.1, 0.15) is 5.82 Å². The van der Waals surface area contributed by atoms with E-state index < -0.39 is 10.0 Å². The van der Waals surface area contributed by atoms with Crippen molar-refractivity contribution in [2.24, 2.45) is 5.14 Å². The van der Waals surface area contributed by atoms with Gasteiger partial charge in [0.25, 0.3) is 0 Å². The first-order chi connectivity index (χ1) is 8.47. The summed E-state index contributed by atoms with van der Waals surface area (Å²) in [5.74, 6) is 0.593. The average Bonchev–Trinajstić information content (AvgIpc) is 2.77. The van der Waals surface area contributed by atoms with Crippen molar-refractivity contribution in [1.82, 2.24) is 9.55 Å². The SMILES string of the molecule is NS(=O)(=O)c1ccc2nc(=O)n3c(c2c1)NCC3. The molecule has 1 aromatic heterocycles. The third-order valence-corrected chi connectivity index (χ3v) is 3.81. The maximum absolute atomic E-state index is 11.7. The summed E-state index contributed by atoms with van der Waals surface area (Å²) < 4.78 is 24.1. The second kappa shape index (κ2) is 3.53. The molecule has 2 aromatic rings. The molecule has 0 bridgehead atoms. The van der Waals surface area contributed by atoms with Crippen LogP contribution < -0.4 is 16.1 Å². The molecule has 0 saturated carbocycles. The zero-order chi connectivity index (χ0) is 12.9. The molecule has 1 aliphatic heterocycles. The summed E-state index contributed by atoms with van der Waals surface area (Å²) in [4.78, 5) is 15.6.